The third-order valence-electron chi connectivity index (χ3n) is 1.66. The van der Waals surface area contributed by atoms with Crippen LogP contribution in [-0.4, -0.2) is 5.91 Å². The molecule has 0 aliphatic rings. The zero-order chi connectivity index (χ0) is 8.69. The van der Waals surface area contributed by atoms with E-state index in [1.54, 1.807) is 0 Å². The van der Waals surface area contributed by atoms with Crippen LogP contribution in [0.15, 0.2) is 12.2 Å². The molecule has 0 aromatic rings. The molecule has 0 aliphatic carbocycles. The van der Waals surface area contributed by atoms with E-state index < -0.39 is 0 Å². The predicted octanol–water partition coefficient (Wildman–Crippen LogP) is 1.85. The van der Waals surface area contributed by atoms with Gasteiger partial charge in [-0.05, 0) is 25.7 Å². The van der Waals surface area contributed by atoms with Gasteiger partial charge in [0.25, 0.3) is 0 Å². The number of carbonyl (C=O) groups is 1. The molecule has 1 atom stereocenters. The Hall–Kier alpha value is -0.790. The molecule has 11 heavy (non-hydrogen) atoms. The Labute approximate surface area is 68.5 Å². The van der Waals surface area contributed by atoms with Gasteiger partial charge in [-0.1, -0.05) is 19.1 Å². The molecule has 0 bridgehead atoms. The molecular formula is C9H17NO. The monoisotopic (exact) mass is 155 g/mol. The lowest BCUT2D eigenvalue weighted by Crippen LogP contribution is -2.11. The Morgan fingerprint density at radius 3 is 2.73 bits per heavy atom. The van der Waals surface area contributed by atoms with Crippen molar-refractivity contribution in [1.82, 2.24) is 0 Å². The van der Waals surface area contributed by atoms with Crippen molar-refractivity contribution >= 4 is 5.91 Å². The molecule has 2 N–H and O–H groups in total. The minimum atomic E-state index is -0.197. The summed E-state index contributed by atoms with van der Waals surface area (Å²) in [6.45, 7) is 4.13. The lowest BCUT2D eigenvalue weighted by atomic mass is 10.0. The summed E-state index contributed by atoms with van der Waals surface area (Å²) in [4.78, 5) is 10.4. The molecule has 1 amide bonds. The van der Waals surface area contributed by atoms with Gasteiger partial charge in [0.05, 0.1) is 0 Å². The van der Waals surface area contributed by atoms with E-state index in [1.807, 2.05) is 13.0 Å². The van der Waals surface area contributed by atoms with Crippen molar-refractivity contribution in [3.05, 3.63) is 12.2 Å². The predicted molar refractivity (Wildman–Crippen MR) is 47.0 cm³/mol. The standard InChI is InChI=1S/C9H17NO/c1-3-4-5-8(2)6-7-9(10)11/h3-4,8H,5-7H2,1-2H3,(H2,10,11)/b4-3+/t8-/m1/s1. The number of hydrogen-bond donors (Lipinski definition) is 1. The second kappa shape index (κ2) is 5.96. The fourth-order valence-electron chi connectivity index (χ4n) is 0.875. The Bertz CT molecular complexity index is 140. The average molecular weight is 155 g/mol. The molecule has 2 heteroatoms. The summed E-state index contributed by atoms with van der Waals surface area (Å²) in [5.41, 5.74) is 5.01. The molecule has 0 rings (SSSR count). The number of allylic oxidation sites excluding steroid dienone is 2. The first kappa shape index (κ1) is 10.2. The van der Waals surface area contributed by atoms with Gasteiger partial charge in [0.15, 0.2) is 0 Å². The van der Waals surface area contributed by atoms with Gasteiger partial charge in [-0.15, -0.1) is 0 Å². The van der Waals surface area contributed by atoms with Crippen LogP contribution >= 0.6 is 0 Å². The number of primary amides is 1. The molecule has 64 valence electrons. The highest BCUT2D eigenvalue weighted by Gasteiger charge is 2.01. The van der Waals surface area contributed by atoms with E-state index in [-0.39, 0.29) is 5.91 Å². The van der Waals surface area contributed by atoms with E-state index in [4.69, 9.17) is 5.73 Å². The number of carbonyl (C=O) groups excluding carboxylic acids is 1. The summed E-state index contributed by atoms with van der Waals surface area (Å²) in [5, 5.41) is 0. The molecule has 0 aliphatic heterocycles. The fourth-order valence-corrected chi connectivity index (χ4v) is 0.875. The largest absolute Gasteiger partial charge is 0.370 e. The van der Waals surface area contributed by atoms with Crippen LogP contribution < -0.4 is 5.73 Å². The summed E-state index contributed by atoms with van der Waals surface area (Å²) in [6.07, 6.45) is 6.61. The third-order valence-corrected chi connectivity index (χ3v) is 1.66. The van der Waals surface area contributed by atoms with Gasteiger partial charge in [0.1, 0.15) is 0 Å². The molecule has 0 aromatic heterocycles. The smallest absolute Gasteiger partial charge is 0.217 e. The van der Waals surface area contributed by atoms with Crippen LogP contribution in [0.5, 0.6) is 0 Å². The van der Waals surface area contributed by atoms with E-state index >= 15 is 0 Å². The Balaban J connectivity index is 3.36. The van der Waals surface area contributed by atoms with Gasteiger partial charge >= 0.3 is 0 Å². The lowest BCUT2D eigenvalue weighted by Gasteiger charge is -2.05. The van der Waals surface area contributed by atoms with Crippen LogP contribution in [0.3, 0.4) is 0 Å². The van der Waals surface area contributed by atoms with Crippen molar-refractivity contribution in [2.75, 3.05) is 0 Å². The normalized spacial score (nSPS) is 13.6. The molecular weight excluding hydrogens is 138 g/mol. The maximum Gasteiger partial charge on any atom is 0.217 e. The van der Waals surface area contributed by atoms with Gasteiger partial charge in [-0.3, -0.25) is 4.79 Å². The number of rotatable bonds is 5. The quantitative estimate of drug-likeness (QED) is 0.605. The molecule has 0 saturated carbocycles. The van der Waals surface area contributed by atoms with E-state index in [9.17, 15) is 4.79 Å². The van der Waals surface area contributed by atoms with Crippen LogP contribution in [0, 0.1) is 5.92 Å². The second-order valence-corrected chi connectivity index (χ2v) is 2.91. The van der Waals surface area contributed by atoms with E-state index in [2.05, 4.69) is 13.0 Å². The second-order valence-electron chi connectivity index (χ2n) is 2.91. The highest BCUT2D eigenvalue weighted by Crippen LogP contribution is 2.09. The van der Waals surface area contributed by atoms with Gasteiger partial charge in [0, 0.05) is 6.42 Å². The Morgan fingerprint density at radius 1 is 1.64 bits per heavy atom. The third kappa shape index (κ3) is 7.10. The zero-order valence-electron chi connectivity index (χ0n) is 7.34. The van der Waals surface area contributed by atoms with Crippen LogP contribution in [0.4, 0.5) is 0 Å². The first-order chi connectivity index (χ1) is 5.16. The Morgan fingerprint density at radius 2 is 2.27 bits per heavy atom. The Kier molecular flexibility index (Phi) is 5.53. The minimum Gasteiger partial charge on any atom is -0.370 e. The van der Waals surface area contributed by atoms with E-state index in [0.717, 1.165) is 12.8 Å². The fraction of sp³-hybridized carbons (Fsp3) is 0.667. The van der Waals surface area contributed by atoms with Crippen molar-refractivity contribution < 1.29 is 4.79 Å². The van der Waals surface area contributed by atoms with Crippen LogP contribution in [0.2, 0.25) is 0 Å². The summed E-state index contributed by atoms with van der Waals surface area (Å²) in [6, 6.07) is 0. The first-order valence-corrected chi connectivity index (χ1v) is 4.06. The van der Waals surface area contributed by atoms with Gasteiger partial charge in [0.2, 0.25) is 5.91 Å². The minimum absolute atomic E-state index is 0.197. The summed E-state index contributed by atoms with van der Waals surface area (Å²) in [7, 11) is 0. The number of amides is 1. The zero-order valence-corrected chi connectivity index (χ0v) is 7.34. The molecule has 0 unspecified atom stereocenters. The molecule has 0 spiro atoms. The summed E-state index contributed by atoms with van der Waals surface area (Å²) < 4.78 is 0. The van der Waals surface area contributed by atoms with Gasteiger partial charge in [-0.2, -0.15) is 0 Å². The van der Waals surface area contributed by atoms with Crippen molar-refractivity contribution in [2.24, 2.45) is 11.7 Å². The van der Waals surface area contributed by atoms with Crippen molar-refractivity contribution in [1.29, 1.82) is 0 Å². The number of hydrogen-bond acceptors (Lipinski definition) is 1. The van der Waals surface area contributed by atoms with Crippen LogP contribution in [-0.2, 0) is 4.79 Å². The highest BCUT2D eigenvalue weighted by atomic mass is 16.1. The number of nitrogens with two attached hydrogens (primary N) is 1. The molecule has 0 heterocycles. The van der Waals surface area contributed by atoms with E-state index in [1.165, 1.54) is 0 Å². The first-order valence-electron chi connectivity index (χ1n) is 4.06. The average Bonchev–Trinajstić information content (AvgIpc) is 1.97. The molecule has 0 saturated heterocycles. The van der Waals surface area contributed by atoms with E-state index in [0.29, 0.717) is 12.3 Å². The highest BCUT2D eigenvalue weighted by molar-refractivity contribution is 5.73. The molecule has 0 radical (unpaired) electrons. The molecule has 0 aromatic carbocycles. The van der Waals surface area contributed by atoms with Crippen molar-refractivity contribution in [3.8, 4) is 0 Å². The van der Waals surface area contributed by atoms with Gasteiger partial charge < -0.3 is 5.73 Å². The van der Waals surface area contributed by atoms with Crippen molar-refractivity contribution in [3.63, 3.8) is 0 Å². The van der Waals surface area contributed by atoms with Crippen LogP contribution in [0.1, 0.15) is 33.1 Å². The maximum absolute atomic E-state index is 10.4. The SMILES string of the molecule is C/C=C/C[C@@H](C)CCC(N)=O. The van der Waals surface area contributed by atoms with Crippen LogP contribution in [0.25, 0.3) is 0 Å². The molecule has 2 nitrogen and oxygen atoms in total. The van der Waals surface area contributed by atoms with Gasteiger partial charge in [-0.25, -0.2) is 0 Å². The maximum atomic E-state index is 10.4. The van der Waals surface area contributed by atoms with Crippen molar-refractivity contribution in [2.45, 2.75) is 33.1 Å². The molecule has 0 fully saturated rings. The summed E-state index contributed by atoms with van der Waals surface area (Å²) >= 11 is 0. The summed E-state index contributed by atoms with van der Waals surface area (Å²) in [5.74, 6) is 0.371. The lowest BCUT2D eigenvalue weighted by molar-refractivity contribution is -0.118. The topological polar surface area (TPSA) is 43.1 Å².